The molecule has 3 N–H and O–H groups in total. The Hall–Kier alpha value is -1.82. The normalized spacial score (nSPS) is 10.1. The Morgan fingerprint density at radius 1 is 1.44 bits per heavy atom. The van der Waals surface area contributed by atoms with E-state index in [4.69, 9.17) is 15.2 Å². The maximum absolute atomic E-state index is 5.36. The first-order valence-electron chi connectivity index (χ1n) is 4.56. The molecular weight excluding hydrogens is 226 g/mol. The third-order valence-corrected chi connectivity index (χ3v) is 1.74. The Kier molecular flexibility index (Phi) is 5.07. The predicted octanol–water partition coefficient (Wildman–Crippen LogP) is 0.893. The molecule has 0 heterocycles. The van der Waals surface area contributed by atoms with Crippen LogP contribution in [-0.4, -0.2) is 25.0 Å². The Balaban J connectivity index is 2.31. The molecule has 0 aliphatic heterocycles. The molecule has 6 heteroatoms. The van der Waals surface area contributed by atoms with E-state index in [9.17, 15) is 0 Å². The van der Waals surface area contributed by atoms with Crippen molar-refractivity contribution in [3.63, 3.8) is 0 Å². The highest BCUT2D eigenvalue weighted by Gasteiger charge is 1.93. The minimum Gasteiger partial charge on any atom is -0.497 e. The summed E-state index contributed by atoms with van der Waals surface area (Å²) in [4.78, 5) is 0. The second-order valence-electron chi connectivity index (χ2n) is 2.77. The molecule has 0 bridgehead atoms. The lowest BCUT2D eigenvalue weighted by Crippen LogP contribution is -2.24. The fourth-order valence-corrected chi connectivity index (χ4v) is 1.00. The molecule has 0 saturated carbocycles. The minimum absolute atomic E-state index is 0.126. The maximum atomic E-state index is 5.36. The highest BCUT2D eigenvalue weighted by atomic mass is 32.1. The van der Waals surface area contributed by atoms with Gasteiger partial charge < -0.3 is 15.2 Å². The first-order chi connectivity index (χ1) is 7.72. The third kappa shape index (κ3) is 4.61. The van der Waals surface area contributed by atoms with E-state index in [1.54, 1.807) is 7.11 Å². The first-order valence-corrected chi connectivity index (χ1v) is 4.97. The number of hydrazone groups is 1. The molecule has 5 nitrogen and oxygen atoms in total. The third-order valence-electron chi connectivity index (χ3n) is 1.65. The van der Waals surface area contributed by atoms with Crippen molar-refractivity contribution < 1.29 is 9.47 Å². The number of methoxy groups -OCH3 is 1. The predicted molar refractivity (Wildman–Crippen MR) is 66.9 cm³/mol. The topological polar surface area (TPSA) is 68.9 Å². The number of hydrogen-bond donors (Lipinski definition) is 2. The molecule has 0 saturated heterocycles. The summed E-state index contributed by atoms with van der Waals surface area (Å²) in [5.41, 5.74) is 7.60. The number of benzene rings is 1. The van der Waals surface area contributed by atoms with Crippen LogP contribution in [0.3, 0.4) is 0 Å². The highest BCUT2D eigenvalue weighted by molar-refractivity contribution is 7.80. The summed E-state index contributed by atoms with van der Waals surface area (Å²) in [5.74, 6) is 1.53. The van der Waals surface area contributed by atoms with Crippen molar-refractivity contribution in [2.75, 3.05) is 13.7 Å². The zero-order valence-corrected chi connectivity index (χ0v) is 9.66. The SMILES string of the molecule is COc1ccc(OCC=NNC(N)=S)cc1. The van der Waals surface area contributed by atoms with Gasteiger partial charge in [-0.1, -0.05) is 0 Å². The Morgan fingerprint density at radius 3 is 2.62 bits per heavy atom. The van der Waals surface area contributed by atoms with Gasteiger partial charge in [-0.15, -0.1) is 0 Å². The van der Waals surface area contributed by atoms with Gasteiger partial charge >= 0.3 is 0 Å². The van der Waals surface area contributed by atoms with E-state index in [1.165, 1.54) is 6.21 Å². The summed E-state index contributed by atoms with van der Waals surface area (Å²) >= 11 is 4.56. The zero-order valence-electron chi connectivity index (χ0n) is 8.84. The monoisotopic (exact) mass is 239 g/mol. The minimum atomic E-state index is 0.126. The van der Waals surface area contributed by atoms with E-state index in [2.05, 4.69) is 22.7 Å². The first kappa shape index (κ1) is 12.3. The van der Waals surface area contributed by atoms with Crippen molar-refractivity contribution >= 4 is 23.5 Å². The second-order valence-corrected chi connectivity index (χ2v) is 3.21. The summed E-state index contributed by atoms with van der Waals surface area (Å²) in [6.07, 6.45) is 1.53. The molecule has 0 fully saturated rings. The van der Waals surface area contributed by atoms with E-state index >= 15 is 0 Å². The van der Waals surface area contributed by atoms with Gasteiger partial charge in [-0.05, 0) is 36.5 Å². The van der Waals surface area contributed by atoms with Crippen molar-refractivity contribution in [1.82, 2.24) is 5.43 Å². The molecule has 16 heavy (non-hydrogen) atoms. The van der Waals surface area contributed by atoms with Crippen LogP contribution in [0.1, 0.15) is 0 Å². The molecule has 86 valence electrons. The number of nitrogens with one attached hydrogen (secondary N) is 1. The standard InChI is InChI=1S/C10H13N3O2S/c1-14-8-2-4-9(5-3-8)15-7-6-12-13-10(11)16/h2-6H,7H2,1H3,(H3,11,13,16). The number of rotatable bonds is 5. The lowest BCUT2D eigenvalue weighted by Gasteiger charge is -2.03. The summed E-state index contributed by atoms with van der Waals surface area (Å²) in [6, 6.07) is 7.26. The molecule has 0 aromatic heterocycles. The largest absolute Gasteiger partial charge is 0.497 e. The summed E-state index contributed by atoms with van der Waals surface area (Å²) in [7, 11) is 1.61. The average molecular weight is 239 g/mol. The summed E-state index contributed by atoms with van der Waals surface area (Å²) < 4.78 is 10.4. The van der Waals surface area contributed by atoms with Crippen LogP contribution in [0.5, 0.6) is 11.5 Å². The molecule has 1 aromatic carbocycles. The van der Waals surface area contributed by atoms with Crippen LogP contribution in [-0.2, 0) is 0 Å². The molecule has 0 unspecified atom stereocenters. The number of hydrogen-bond acceptors (Lipinski definition) is 4. The van der Waals surface area contributed by atoms with Gasteiger partial charge in [-0.25, -0.2) is 0 Å². The highest BCUT2D eigenvalue weighted by Crippen LogP contribution is 2.16. The molecule has 1 rings (SSSR count). The van der Waals surface area contributed by atoms with Crippen molar-refractivity contribution in [1.29, 1.82) is 0 Å². The number of ether oxygens (including phenoxy) is 2. The van der Waals surface area contributed by atoms with Gasteiger partial charge in [0.2, 0.25) is 0 Å². The van der Waals surface area contributed by atoms with Gasteiger partial charge in [0.15, 0.2) is 5.11 Å². The molecule has 1 aromatic rings. The number of thiocarbonyl (C=S) groups is 1. The molecule has 0 aliphatic carbocycles. The van der Waals surface area contributed by atoms with Gasteiger partial charge in [0.05, 0.1) is 13.3 Å². The lowest BCUT2D eigenvalue weighted by atomic mass is 10.3. The number of nitrogens with two attached hydrogens (primary N) is 1. The molecule has 0 spiro atoms. The molecule has 0 aliphatic rings. The molecule has 0 radical (unpaired) electrons. The lowest BCUT2D eigenvalue weighted by molar-refractivity contribution is 0.377. The van der Waals surface area contributed by atoms with Crippen LogP contribution in [0.2, 0.25) is 0 Å². The van der Waals surface area contributed by atoms with Crippen LogP contribution in [0.15, 0.2) is 29.4 Å². The Labute approximate surface area is 99.2 Å². The van der Waals surface area contributed by atoms with Crippen molar-refractivity contribution in [2.24, 2.45) is 10.8 Å². The Bertz CT molecular complexity index is 365. The zero-order chi connectivity index (χ0) is 11.8. The summed E-state index contributed by atoms with van der Waals surface area (Å²) in [5, 5.41) is 3.85. The van der Waals surface area contributed by atoms with Crippen LogP contribution >= 0.6 is 12.2 Å². The van der Waals surface area contributed by atoms with Crippen LogP contribution in [0.25, 0.3) is 0 Å². The number of nitrogens with zero attached hydrogens (tertiary/aromatic N) is 1. The second kappa shape index (κ2) is 6.62. The fourth-order valence-electron chi connectivity index (χ4n) is 0.952. The van der Waals surface area contributed by atoms with Gasteiger partial charge in [0.1, 0.15) is 18.1 Å². The van der Waals surface area contributed by atoms with Crippen molar-refractivity contribution in [3.8, 4) is 11.5 Å². The van der Waals surface area contributed by atoms with E-state index in [-0.39, 0.29) is 5.11 Å². The quantitative estimate of drug-likeness (QED) is 0.454. The summed E-state index contributed by atoms with van der Waals surface area (Å²) in [6.45, 7) is 0.335. The molecule has 0 amide bonds. The smallest absolute Gasteiger partial charge is 0.184 e. The van der Waals surface area contributed by atoms with Gasteiger partial charge in [-0.2, -0.15) is 5.10 Å². The van der Waals surface area contributed by atoms with E-state index < -0.39 is 0 Å². The molecule has 0 atom stereocenters. The molecular formula is C10H13N3O2S. The van der Waals surface area contributed by atoms with Crippen LogP contribution in [0, 0.1) is 0 Å². The fraction of sp³-hybridized carbons (Fsp3) is 0.200. The van der Waals surface area contributed by atoms with E-state index in [0.29, 0.717) is 6.61 Å². The van der Waals surface area contributed by atoms with Crippen molar-refractivity contribution in [2.45, 2.75) is 0 Å². The van der Waals surface area contributed by atoms with Crippen LogP contribution < -0.4 is 20.6 Å². The van der Waals surface area contributed by atoms with E-state index in [1.807, 2.05) is 24.3 Å². The van der Waals surface area contributed by atoms with Crippen molar-refractivity contribution in [3.05, 3.63) is 24.3 Å². The van der Waals surface area contributed by atoms with Gasteiger partial charge in [0.25, 0.3) is 0 Å². The van der Waals surface area contributed by atoms with Crippen LogP contribution in [0.4, 0.5) is 0 Å². The van der Waals surface area contributed by atoms with E-state index in [0.717, 1.165) is 11.5 Å². The average Bonchev–Trinajstić information content (AvgIpc) is 2.29. The van der Waals surface area contributed by atoms with Gasteiger partial charge in [-0.3, -0.25) is 5.43 Å². The Morgan fingerprint density at radius 2 is 2.06 bits per heavy atom. The van der Waals surface area contributed by atoms with Gasteiger partial charge in [0, 0.05) is 0 Å². The maximum Gasteiger partial charge on any atom is 0.184 e.